The first kappa shape index (κ1) is 14.6. The number of carbonyl (C=O) groups is 2. The molecule has 5 heteroatoms. The number of nitrogens with one attached hydrogen (secondary N) is 1. The second-order valence-electron chi connectivity index (χ2n) is 4.55. The minimum absolute atomic E-state index is 0.285. The van der Waals surface area contributed by atoms with Crippen molar-refractivity contribution in [2.75, 3.05) is 18.2 Å². The number of carbonyl (C=O) groups excluding carboxylic acids is 2. The Balaban J connectivity index is 2.28. The van der Waals surface area contributed by atoms with Gasteiger partial charge in [-0.15, -0.1) is 0 Å². The van der Waals surface area contributed by atoms with E-state index in [9.17, 15) is 9.59 Å². The van der Waals surface area contributed by atoms with Gasteiger partial charge in [0, 0.05) is 16.9 Å². The summed E-state index contributed by atoms with van der Waals surface area (Å²) in [5, 5.41) is 2.77. The number of hydrogen-bond donors (Lipinski definition) is 2. The summed E-state index contributed by atoms with van der Waals surface area (Å²) in [5.74, 6) is -0.722. The number of nitrogens with two attached hydrogens (primary N) is 1. The lowest BCUT2D eigenvalue weighted by Gasteiger charge is -2.11. The molecule has 0 heterocycles. The number of ether oxygens (including phenoxy) is 1. The van der Waals surface area contributed by atoms with Crippen molar-refractivity contribution in [1.29, 1.82) is 0 Å². The second kappa shape index (κ2) is 6.09. The van der Waals surface area contributed by atoms with E-state index in [1.807, 2.05) is 0 Å². The molecule has 0 aliphatic carbocycles. The fraction of sp³-hybridized carbons (Fsp3) is 0.125. The van der Waals surface area contributed by atoms with E-state index in [1.165, 1.54) is 7.11 Å². The van der Waals surface area contributed by atoms with Crippen LogP contribution in [0.3, 0.4) is 0 Å². The fourth-order valence-corrected chi connectivity index (χ4v) is 1.98. The van der Waals surface area contributed by atoms with E-state index in [4.69, 9.17) is 10.5 Å². The summed E-state index contributed by atoms with van der Waals surface area (Å²) >= 11 is 0. The minimum atomic E-state index is -0.437. The van der Waals surface area contributed by atoms with Gasteiger partial charge in [0.25, 0.3) is 5.91 Å². The van der Waals surface area contributed by atoms with Gasteiger partial charge in [0.1, 0.15) is 0 Å². The third-order valence-electron chi connectivity index (χ3n) is 3.14. The van der Waals surface area contributed by atoms with Crippen LogP contribution in [0.15, 0.2) is 42.5 Å². The van der Waals surface area contributed by atoms with Crippen LogP contribution in [0, 0.1) is 6.92 Å². The van der Waals surface area contributed by atoms with Gasteiger partial charge in [0.2, 0.25) is 0 Å². The van der Waals surface area contributed by atoms with Crippen molar-refractivity contribution >= 4 is 23.3 Å². The Morgan fingerprint density at radius 2 is 1.86 bits per heavy atom. The quantitative estimate of drug-likeness (QED) is 0.670. The zero-order valence-corrected chi connectivity index (χ0v) is 11.8. The molecule has 3 N–H and O–H groups in total. The average molecular weight is 284 g/mol. The van der Waals surface area contributed by atoms with Crippen molar-refractivity contribution in [1.82, 2.24) is 0 Å². The molecule has 2 rings (SSSR count). The van der Waals surface area contributed by atoms with Gasteiger partial charge in [-0.3, -0.25) is 4.79 Å². The number of esters is 1. The Morgan fingerprint density at radius 3 is 2.52 bits per heavy atom. The van der Waals surface area contributed by atoms with Gasteiger partial charge in [-0.25, -0.2) is 4.79 Å². The molecule has 0 radical (unpaired) electrons. The highest BCUT2D eigenvalue weighted by Crippen LogP contribution is 2.20. The predicted octanol–water partition coefficient (Wildman–Crippen LogP) is 2.62. The van der Waals surface area contributed by atoms with Gasteiger partial charge in [0.15, 0.2) is 0 Å². The molecule has 0 bridgehead atoms. The Kier molecular flexibility index (Phi) is 4.23. The lowest BCUT2D eigenvalue weighted by Crippen LogP contribution is -2.14. The van der Waals surface area contributed by atoms with Crippen molar-refractivity contribution in [3.8, 4) is 0 Å². The summed E-state index contributed by atoms with van der Waals surface area (Å²) in [6, 6.07) is 11.7. The van der Waals surface area contributed by atoms with E-state index in [2.05, 4.69) is 5.32 Å². The molecule has 21 heavy (non-hydrogen) atoms. The molecule has 0 aromatic heterocycles. The van der Waals surface area contributed by atoms with Crippen LogP contribution in [0.4, 0.5) is 11.4 Å². The number of amides is 1. The number of benzene rings is 2. The van der Waals surface area contributed by atoms with Crippen molar-refractivity contribution in [3.05, 3.63) is 59.2 Å². The number of methoxy groups -OCH3 is 1. The number of anilines is 2. The smallest absolute Gasteiger partial charge is 0.338 e. The van der Waals surface area contributed by atoms with E-state index < -0.39 is 5.97 Å². The van der Waals surface area contributed by atoms with E-state index in [1.54, 1.807) is 49.4 Å². The Labute approximate surface area is 122 Å². The van der Waals surface area contributed by atoms with E-state index in [-0.39, 0.29) is 5.91 Å². The van der Waals surface area contributed by atoms with Crippen LogP contribution in [-0.2, 0) is 4.74 Å². The van der Waals surface area contributed by atoms with Crippen LogP contribution in [-0.4, -0.2) is 19.0 Å². The molecule has 1 amide bonds. The van der Waals surface area contributed by atoms with Crippen LogP contribution in [0.1, 0.15) is 26.3 Å². The highest BCUT2D eigenvalue weighted by molar-refractivity contribution is 6.06. The monoisotopic (exact) mass is 284 g/mol. The molecular formula is C16H16N2O3. The minimum Gasteiger partial charge on any atom is -0.465 e. The van der Waals surface area contributed by atoms with Crippen LogP contribution in [0.25, 0.3) is 0 Å². The first-order valence-corrected chi connectivity index (χ1v) is 6.37. The first-order valence-electron chi connectivity index (χ1n) is 6.37. The molecule has 5 nitrogen and oxygen atoms in total. The zero-order chi connectivity index (χ0) is 15.4. The molecular weight excluding hydrogens is 268 g/mol. The lowest BCUT2D eigenvalue weighted by atomic mass is 10.1. The maximum atomic E-state index is 12.2. The van der Waals surface area contributed by atoms with Gasteiger partial charge in [-0.1, -0.05) is 12.1 Å². The van der Waals surface area contributed by atoms with Crippen molar-refractivity contribution in [3.63, 3.8) is 0 Å². The molecule has 0 unspecified atom stereocenters. The summed E-state index contributed by atoms with van der Waals surface area (Å²) in [6.45, 7) is 1.75. The summed E-state index contributed by atoms with van der Waals surface area (Å²) in [4.78, 5) is 23.8. The predicted molar refractivity (Wildman–Crippen MR) is 81.3 cm³/mol. The topological polar surface area (TPSA) is 81.4 Å². The highest BCUT2D eigenvalue weighted by atomic mass is 16.5. The first-order chi connectivity index (χ1) is 10.0. The van der Waals surface area contributed by atoms with Crippen molar-refractivity contribution in [2.24, 2.45) is 0 Å². The number of nitrogen functional groups attached to an aromatic ring is 1. The van der Waals surface area contributed by atoms with Crippen LogP contribution in [0.5, 0.6) is 0 Å². The summed E-state index contributed by atoms with van der Waals surface area (Å²) in [7, 11) is 1.32. The van der Waals surface area contributed by atoms with E-state index in [0.717, 1.165) is 0 Å². The van der Waals surface area contributed by atoms with Gasteiger partial charge < -0.3 is 15.8 Å². The normalized spacial score (nSPS) is 10.0. The molecule has 0 fully saturated rings. The number of rotatable bonds is 3. The average Bonchev–Trinajstić information content (AvgIpc) is 2.48. The van der Waals surface area contributed by atoms with Crippen LogP contribution >= 0.6 is 0 Å². The number of hydrogen-bond acceptors (Lipinski definition) is 4. The molecule has 0 aliphatic heterocycles. The molecule has 0 aliphatic rings. The van der Waals surface area contributed by atoms with Crippen molar-refractivity contribution in [2.45, 2.75) is 6.92 Å². The summed E-state index contributed by atoms with van der Waals surface area (Å²) in [6.07, 6.45) is 0. The third-order valence-corrected chi connectivity index (χ3v) is 3.14. The SMILES string of the molecule is COC(=O)c1cccc(NC(=O)c2cccc(N)c2)c1C. The molecule has 0 atom stereocenters. The zero-order valence-electron chi connectivity index (χ0n) is 11.8. The second-order valence-corrected chi connectivity index (χ2v) is 4.55. The van der Waals surface area contributed by atoms with Gasteiger partial charge in [-0.05, 0) is 42.8 Å². The van der Waals surface area contributed by atoms with Gasteiger partial charge in [0.05, 0.1) is 12.7 Å². The Hall–Kier alpha value is -2.82. The van der Waals surface area contributed by atoms with Crippen LogP contribution in [0.2, 0.25) is 0 Å². The maximum absolute atomic E-state index is 12.2. The van der Waals surface area contributed by atoms with Gasteiger partial charge >= 0.3 is 5.97 Å². The molecule has 2 aromatic carbocycles. The maximum Gasteiger partial charge on any atom is 0.338 e. The van der Waals surface area contributed by atoms with Crippen molar-refractivity contribution < 1.29 is 14.3 Å². The molecule has 0 saturated carbocycles. The van der Waals surface area contributed by atoms with Gasteiger partial charge in [-0.2, -0.15) is 0 Å². The lowest BCUT2D eigenvalue weighted by molar-refractivity contribution is 0.0599. The highest BCUT2D eigenvalue weighted by Gasteiger charge is 2.14. The largest absolute Gasteiger partial charge is 0.465 e. The molecule has 0 spiro atoms. The summed E-state index contributed by atoms with van der Waals surface area (Å²) < 4.78 is 4.71. The Bertz CT molecular complexity index is 696. The standard InChI is InChI=1S/C16H16N2O3/c1-10-13(16(20)21-2)7-4-8-14(10)18-15(19)11-5-3-6-12(17)9-11/h3-9H,17H2,1-2H3,(H,18,19). The molecule has 0 saturated heterocycles. The third kappa shape index (κ3) is 3.20. The Morgan fingerprint density at radius 1 is 1.14 bits per heavy atom. The fourth-order valence-electron chi connectivity index (χ4n) is 1.98. The van der Waals surface area contributed by atoms with E-state index in [0.29, 0.717) is 28.1 Å². The molecule has 2 aromatic rings. The summed E-state index contributed by atoms with van der Waals surface area (Å²) in [5.41, 5.74) is 8.27. The molecule has 108 valence electrons. The van der Waals surface area contributed by atoms with E-state index >= 15 is 0 Å². The van der Waals surface area contributed by atoms with Crippen LogP contribution < -0.4 is 11.1 Å².